The van der Waals surface area contributed by atoms with Crippen LogP contribution in [-0.4, -0.2) is 112 Å². The first kappa shape index (κ1) is 40.7. The van der Waals surface area contributed by atoms with Crippen LogP contribution in [0, 0.1) is 29.0 Å². The van der Waals surface area contributed by atoms with Gasteiger partial charge in [0, 0.05) is 63.2 Å². The molecule has 4 fully saturated rings. The highest BCUT2D eigenvalue weighted by atomic mass is 32.2. The molecule has 4 saturated heterocycles. The molecule has 326 valence electrons. The number of carbonyl (C=O) groups excluding carboxylic acids is 4. The van der Waals surface area contributed by atoms with Gasteiger partial charge in [0.25, 0.3) is 17.4 Å². The maximum atomic E-state index is 15.1. The molecule has 5 aliphatic heterocycles. The highest BCUT2D eigenvalue weighted by molar-refractivity contribution is 7.90. The monoisotopic (exact) mass is 891 g/mol. The fourth-order valence-electron chi connectivity index (χ4n) is 8.68. The number of ether oxygens (including phenoxy) is 1. The van der Waals surface area contributed by atoms with E-state index in [9.17, 15) is 42.0 Å². The molecule has 10 rings (SSSR count). The predicted molar refractivity (Wildman–Crippen MR) is 222 cm³/mol. The lowest BCUT2D eigenvalue weighted by Crippen LogP contribution is -2.60. The highest BCUT2D eigenvalue weighted by Crippen LogP contribution is 2.38. The van der Waals surface area contributed by atoms with Crippen molar-refractivity contribution >= 4 is 62.1 Å². The van der Waals surface area contributed by atoms with Crippen LogP contribution in [0.1, 0.15) is 45.5 Å². The molecular weight excluding hydrogens is 857 g/mol. The number of benzene rings is 3. The fraction of sp³-hybridized carbons (Fsp3) is 0.310. The van der Waals surface area contributed by atoms with Crippen LogP contribution in [0.2, 0.25) is 0 Å². The van der Waals surface area contributed by atoms with Crippen molar-refractivity contribution in [1.82, 2.24) is 34.0 Å². The van der Waals surface area contributed by atoms with Gasteiger partial charge in [-0.05, 0) is 61.4 Å². The minimum absolute atomic E-state index is 0.0269. The Hall–Kier alpha value is -7.38. The Kier molecular flexibility index (Phi) is 9.82. The number of amides is 4. The molecule has 2 N–H and O–H groups in total. The maximum Gasteiger partial charge on any atom is 0.301 e. The van der Waals surface area contributed by atoms with Crippen LogP contribution in [0.5, 0.6) is 11.5 Å². The first-order valence-electron chi connectivity index (χ1n) is 20.3. The van der Waals surface area contributed by atoms with Crippen LogP contribution < -0.4 is 30.1 Å². The normalized spacial score (nSPS) is 20.5. The first-order chi connectivity index (χ1) is 30.8. The molecule has 5 aromatic rings. The number of fused-ring (bicyclic) bond motifs is 2. The molecule has 7 heterocycles. The van der Waals surface area contributed by atoms with Crippen molar-refractivity contribution in [2.24, 2.45) is 11.8 Å². The van der Waals surface area contributed by atoms with Crippen molar-refractivity contribution in [3.8, 4) is 23.3 Å². The van der Waals surface area contributed by atoms with E-state index in [4.69, 9.17) is 4.74 Å². The summed E-state index contributed by atoms with van der Waals surface area (Å²) in [5.74, 6) is -2.57. The molecular formula is C42H35F2N11O8S. The van der Waals surface area contributed by atoms with E-state index in [2.05, 4.69) is 29.9 Å². The second-order valence-corrected chi connectivity index (χ2v) is 17.9. The zero-order valence-corrected chi connectivity index (χ0v) is 34.3. The largest absolute Gasteiger partial charge is 0.453 e. The quantitative estimate of drug-likeness (QED) is 0.192. The molecule has 0 bridgehead atoms. The number of piperidine rings is 1. The van der Waals surface area contributed by atoms with Crippen molar-refractivity contribution in [3.05, 3.63) is 100 Å². The van der Waals surface area contributed by atoms with Crippen LogP contribution in [0.15, 0.2) is 72.0 Å². The Morgan fingerprint density at radius 1 is 0.844 bits per heavy atom. The lowest BCUT2D eigenvalue weighted by Gasteiger charge is -2.51. The molecule has 22 heteroatoms. The van der Waals surface area contributed by atoms with Gasteiger partial charge >= 0.3 is 10.2 Å². The van der Waals surface area contributed by atoms with Crippen molar-refractivity contribution in [3.63, 3.8) is 0 Å². The number of nitrogens with zero attached hydrogens (tertiary/aromatic N) is 9. The number of hydrogen-bond acceptors (Lipinski definition) is 14. The van der Waals surface area contributed by atoms with Crippen molar-refractivity contribution in [2.75, 3.05) is 53.8 Å². The topological polar surface area (TPSA) is 233 Å². The van der Waals surface area contributed by atoms with E-state index in [0.717, 1.165) is 40.1 Å². The van der Waals surface area contributed by atoms with E-state index in [1.807, 2.05) is 4.90 Å². The summed E-state index contributed by atoms with van der Waals surface area (Å²) in [6, 6.07) is 12.0. The van der Waals surface area contributed by atoms with E-state index < -0.39 is 68.7 Å². The summed E-state index contributed by atoms with van der Waals surface area (Å²) in [5, 5.41) is 12.2. The van der Waals surface area contributed by atoms with Crippen LogP contribution >= 0.6 is 0 Å². The minimum atomic E-state index is -4.26. The summed E-state index contributed by atoms with van der Waals surface area (Å²) >= 11 is 0. The van der Waals surface area contributed by atoms with E-state index in [0.29, 0.717) is 42.1 Å². The molecule has 0 radical (unpaired) electrons. The Labute approximate surface area is 362 Å². The van der Waals surface area contributed by atoms with E-state index in [1.165, 1.54) is 41.5 Å². The van der Waals surface area contributed by atoms with E-state index in [-0.39, 0.29) is 60.3 Å². The Balaban J connectivity index is 0.774. The SMILES string of the molecule is N#Cc1c(NS(=O)(=O)N2CC[C@@H](F)C2)ccc(F)c1Oc1ccc2ncn(-c3cnc(N4CC(C5CN(c6ccc7c(c6)C(=O)N(C6CCC(=O)NC6=O)C7=O)C5)C4)nc3)c(=O)c2c1. The van der Waals surface area contributed by atoms with Crippen molar-refractivity contribution < 1.29 is 41.1 Å². The van der Waals surface area contributed by atoms with Crippen LogP contribution in [0.25, 0.3) is 16.6 Å². The zero-order chi connectivity index (χ0) is 44.6. The van der Waals surface area contributed by atoms with Gasteiger partial charge in [-0.3, -0.25) is 43.5 Å². The minimum Gasteiger partial charge on any atom is -0.453 e. The third-order valence-electron chi connectivity index (χ3n) is 12.3. The molecule has 5 aliphatic rings. The number of anilines is 3. The average molecular weight is 892 g/mol. The van der Waals surface area contributed by atoms with Crippen molar-refractivity contribution in [1.29, 1.82) is 5.26 Å². The molecule has 3 aromatic carbocycles. The predicted octanol–water partition coefficient (Wildman–Crippen LogP) is 2.65. The summed E-state index contributed by atoms with van der Waals surface area (Å²) < 4.78 is 64.7. The Bertz CT molecular complexity index is 3040. The van der Waals surface area contributed by atoms with Crippen molar-refractivity contribution in [2.45, 2.75) is 31.5 Å². The summed E-state index contributed by atoms with van der Waals surface area (Å²) in [7, 11) is -4.26. The number of aromatic nitrogens is 4. The number of nitrogens with one attached hydrogen (secondary N) is 2. The molecule has 64 heavy (non-hydrogen) atoms. The number of alkyl halides is 1. The molecule has 2 aromatic heterocycles. The third-order valence-corrected chi connectivity index (χ3v) is 13.8. The molecule has 0 saturated carbocycles. The smallest absolute Gasteiger partial charge is 0.301 e. The molecule has 19 nitrogen and oxygen atoms in total. The average Bonchev–Trinajstić information content (AvgIpc) is 3.80. The van der Waals surface area contributed by atoms with Gasteiger partial charge < -0.3 is 14.5 Å². The lowest BCUT2D eigenvalue weighted by molar-refractivity contribution is -0.136. The van der Waals surface area contributed by atoms with Crippen LogP contribution in [-0.2, 0) is 19.8 Å². The standard InChI is InChI=1S/C42H35F2N11O8S/c43-24-9-10-53(20-24)64(61,62)50-34-6-4-32(44)37(31(34)13-45)63-27-2-5-33-30(12-27)39(58)54(21-48-33)26-14-46-42(47-15-26)52-18-23(19-52)22-16-51(17-22)25-1-3-28-29(11-25)41(60)55(40(28)59)35-7-8-36(56)49-38(35)57/h1-6,11-12,14-15,21-24,35,50H,7-10,16-20H2,(H,49,56,57)/t24-,35?/m1/s1. The fourth-order valence-corrected chi connectivity index (χ4v) is 9.96. The maximum absolute atomic E-state index is 15.1. The van der Waals surface area contributed by atoms with Gasteiger partial charge in [0.2, 0.25) is 17.8 Å². The second kappa shape index (κ2) is 15.5. The van der Waals surface area contributed by atoms with Gasteiger partial charge in [0.1, 0.15) is 35.9 Å². The lowest BCUT2D eigenvalue weighted by atomic mass is 9.80. The molecule has 0 spiro atoms. The van der Waals surface area contributed by atoms with E-state index >= 15 is 4.39 Å². The van der Waals surface area contributed by atoms with Crippen LogP contribution in [0.4, 0.5) is 26.1 Å². The Morgan fingerprint density at radius 3 is 2.28 bits per heavy atom. The number of carbonyl (C=O) groups is 4. The van der Waals surface area contributed by atoms with Crippen LogP contribution in [0.3, 0.4) is 0 Å². The number of nitriles is 1. The van der Waals surface area contributed by atoms with Gasteiger partial charge in [-0.15, -0.1) is 0 Å². The molecule has 2 atom stereocenters. The molecule has 0 aliphatic carbocycles. The molecule has 1 unspecified atom stereocenters. The third kappa shape index (κ3) is 7.01. The van der Waals surface area contributed by atoms with Gasteiger partial charge in [-0.2, -0.15) is 18.0 Å². The number of halogens is 2. The number of hydrogen-bond donors (Lipinski definition) is 2. The van der Waals surface area contributed by atoms with Gasteiger partial charge in [-0.1, -0.05) is 0 Å². The van der Waals surface area contributed by atoms with Gasteiger partial charge in [0.15, 0.2) is 11.6 Å². The summed E-state index contributed by atoms with van der Waals surface area (Å²) in [4.78, 5) is 82.6. The van der Waals surface area contributed by atoms with Gasteiger partial charge in [0.05, 0.1) is 45.8 Å². The molecule has 4 amide bonds. The summed E-state index contributed by atoms with van der Waals surface area (Å²) in [6.45, 7) is 2.49. The second-order valence-electron chi connectivity index (χ2n) is 16.2. The zero-order valence-electron chi connectivity index (χ0n) is 33.5. The summed E-state index contributed by atoms with van der Waals surface area (Å²) in [5.41, 5.74) is 0.637. The van der Waals surface area contributed by atoms with E-state index in [1.54, 1.807) is 24.3 Å². The van der Waals surface area contributed by atoms with Gasteiger partial charge in [-0.25, -0.2) is 23.7 Å². The summed E-state index contributed by atoms with van der Waals surface area (Å²) in [6.07, 6.45) is 3.15. The first-order valence-corrected chi connectivity index (χ1v) is 21.7. The number of imide groups is 2. The number of rotatable bonds is 10. The Morgan fingerprint density at radius 2 is 1.58 bits per heavy atom. The highest BCUT2D eigenvalue weighted by Gasteiger charge is 2.46.